The molecule has 21 heavy (non-hydrogen) atoms. The van der Waals surface area contributed by atoms with Gasteiger partial charge >= 0.3 is 0 Å². The summed E-state index contributed by atoms with van der Waals surface area (Å²) in [6.45, 7) is -0.0849. The Morgan fingerprint density at radius 3 is 2.33 bits per heavy atom. The van der Waals surface area contributed by atoms with E-state index in [9.17, 15) is 12.8 Å². The van der Waals surface area contributed by atoms with Gasteiger partial charge < -0.3 is 0 Å². The summed E-state index contributed by atoms with van der Waals surface area (Å²) >= 11 is 5.63. The third kappa shape index (κ3) is 4.27. The third-order valence-corrected chi connectivity index (χ3v) is 4.63. The van der Waals surface area contributed by atoms with Crippen molar-refractivity contribution in [2.75, 3.05) is 5.88 Å². The standard InChI is InChI=1S/C15H15ClFNO2S/c16-10-9-12-5-7-14(8-6-12)21(19,20)18-11-13-3-1-2-4-15(13)17/h1-8,18H,9-11H2. The maximum absolute atomic E-state index is 13.5. The lowest BCUT2D eigenvalue weighted by Crippen LogP contribution is -2.23. The Morgan fingerprint density at radius 1 is 1.05 bits per heavy atom. The van der Waals surface area contributed by atoms with Crippen LogP contribution in [0.3, 0.4) is 0 Å². The van der Waals surface area contributed by atoms with Gasteiger partial charge in [-0.25, -0.2) is 17.5 Å². The molecule has 2 rings (SSSR count). The normalized spacial score (nSPS) is 11.5. The van der Waals surface area contributed by atoms with E-state index in [-0.39, 0.29) is 11.4 Å². The first kappa shape index (κ1) is 15.9. The number of alkyl halides is 1. The summed E-state index contributed by atoms with van der Waals surface area (Å²) in [6, 6.07) is 12.5. The van der Waals surface area contributed by atoms with Crippen molar-refractivity contribution in [3.8, 4) is 0 Å². The van der Waals surface area contributed by atoms with Crippen molar-refractivity contribution in [2.45, 2.75) is 17.9 Å². The summed E-state index contributed by atoms with van der Waals surface area (Å²) in [5.41, 5.74) is 1.28. The SMILES string of the molecule is O=S(=O)(NCc1ccccc1F)c1ccc(CCCl)cc1. The molecular weight excluding hydrogens is 313 g/mol. The molecule has 0 spiro atoms. The minimum Gasteiger partial charge on any atom is -0.207 e. The van der Waals surface area contributed by atoms with Gasteiger partial charge in [-0.15, -0.1) is 11.6 Å². The second-order valence-electron chi connectivity index (χ2n) is 4.50. The Morgan fingerprint density at radius 2 is 1.71 bits per heavy atom. The molecule has 0 fully saturated rings. The van der Waals surface area contributed by atoms with Crippen molar-refractivity contribution in [1.82, 2.24) is 4.72 Å². The molecule has 0 saturated heterocycles. The quantitative estimate of drug-likeness (QED) is 0.829. The van der Waals surface area contributed by atoms with E-state index in [1.165, 1.54) is 18.2 Å². The van der Waals surface area contributed by atoms with Crippen LogP contribution in [0.25, 0.3) is 0 Å². The maximum Gasteiger partial charge on any atom is 0.240 e. The van der Waals surface area contributed by atoms with Crippen molar-refractivity contribution in [2.24, 2.45) is 0 Å². The van der Waals surface area contributed by atoms with Crippen LogP contribution in [-0.2, 0) is 23.0 Å². The fraction of sp³-hybridized carbons (Fsp3) is 0.200. The van der Waals surface area contributed by atoms with Crippen molar-refractivity contribution in [3.63, 3.8) is 0 Å². The predicted octanol–water partition coefficient (Wildman–Crippen LogP) is 3.09. The highest BCUT2D eigenvalue weighted by Gasteiger charge is 2.14. The van der Waals surface area contributed by atoms with Crippen LogP contribution >= 0.6 is 11.6 Å². The number of benzene rings is 2. The summed E-state index contributed by atoms with van der Waals surface area (Å²) in [4.78, 5) is 0.150. The number of hydrogen-bond acceptors (Lipinski definition) is 2. The van der Waals surface area contributed by atoms with Gasteiger partial charge in [0.25, 0.3) is 0 Å². The van der Waals surface area contributed by atoms with Crippen LogP contribution in [0.5, 0.6) is 0 Å². The van der Waals surface area contributed by atoms with E-state index in [2.05, 4.69) is 4.72 Å². The fourth-order valence-corrected chi connectivity index (χ4v) is 3.07. The molecule has 2 aromatic carbocycles. The Kier molecular flexibility index (Phi) is 5.33. The van der Waals surface area contributed by atoms with E-state index in [0.717, 1.165) is 5.56 Å². The largest absolute Gasteiger partial charge is 0.240 e. The number of sulfonamides is 1. The minimum atomic E-state index is -3.66. The van der Waals surface area contributed by atoms with Crippen LogP contribution < -0.4 is 4.72 Å². The lowest BCUT2D eigenvalue weighted by molar-refractivity contribution is 0.574. The van der Waals surface area contributed by atoms with Gasteiger partial charge in [-0.3, -0.25) is 0 Å². The molecule has 0 amide bonds. The maximum atomic E-state index is 13.5. The molecule has 0 radical (unpaired) electrons. The molecule has 0 unspecified atom stereocenters. The van der Waals surface area contributed by atoms with Gasteiger partial charge in [0.1, 0.15) is 5.82 Å². The Balaban J connectivity index is 2.09. The van der Waals surface area contributed by atoms with Crippen LogP contribution in [-0.4, -0.2) is 14.3 Å². The van der Waals surface area contributed by atoms with E-state index in [1.54, 1.807) is 30.3 Å². The van der Waals surface area contributed by atoms with E-state index in [4.69, 9.17) is 11.6 Å². The molecular formula is C15H15ClFNO2S. The molecule has 3 nitrogen and oxygen atoms in total. The fourth-order valence-electron chi connectivity index (χ4n) is 1.84. The monoisotopic (exact) mass is 327 g/mol. The Bertz CT molecular complexity index is 702. The molecule has 0 heterocycles. The number of rotatable bonds is 6. The summed E-state index contributed by atoms with van der Waals surface area (Å²) in [7, 11) is -3.66. The summed E-state index contributed by atoms with van der Waals surface area (Å²) in [5, 5.41) is 0. The van der Waals surface area contributed by atoms with Gasteiger partial charge in [-0.05, 0) is 30.2 Å². The predicted molar refractivity (Wildman–Crippen MR) is 81.3 cm³/mol. The molecule has 0 aliphatic carbocycles. The zero-order chi connectivity index (χ0) is 15.3. The third-order valence-electron chi connectivity index (χ3n) is 3.03. The second-order valence-corrected chi connectivity index (χ2v) is 6.64. The van der Waals surface area contributed by atoms with Crippen LogP contribution in [0.1, 0.15) is 11.1 Å². The minimum absolute atomic E-state index is 0.0849. The number of hydrogen-bond donors (Lipinski definition) is 1. The highest BCUT2D eigenvalue weighted by molar-refractivity contribution is 7.89. The van der Waals surface area contributed by atoms with Gasteiger partial charge in [0.15, 0.2) is 0 Å². The second kappa shape index (κ2) is 7.02. The van der Waals surface area contributed by atoms with Crippen molar-refractivity contribution < 1.29 is 12.8 Å². The molecule has 0 aliphatic rings. The van der Waals surface area contributed by atoms with E-state index in [1.807, 2.05) is 0 Å². The number of aryl methyl sites for hydroxylation is 1. The van der Waals surface area contributed by atoms with Gasteiger partial charge in [-0.2, -0.15) is 0 Å². The zero-order valence-electron chi connectivity index (χ0n) is 11.2. The number of halogens is 2. The topological polar surface area (TPSA) is 46.2 Å². The van der Waals surface area contributed by atoms with E-state index >= 15 is 0 Å². The first-order valence-electron chi connectivity index (χ1n) is 6.41. The van der Waals surface area contributed by atoms with Crippen LogP contribution in [0.15, 0.2) is 53.4 Å². The van der Waals surface area contributed by atoms with E-state index in [0.29, 0.717) is 17.9 Å². The Labute approximate surface area is 128 Å². The van der Waals surface area contributed by atoms with Crippen molar-refractivity contribution in [3.05, 3.63) is 65.5 Å². The van der Waals surface area contributed by atoms with Gasteiger partial charge in [0.2, 0.25) is 10.0 Å². The average molecular weight is 328 g/mol. The number of nitrogens with one attached hydrogen (secondary N) is 1. The van der Waals surface area contributed by atoms with Gasteiger partial charge in [-0.1, -0.05) is 30.3 Å². The molecule has 0 saturated carbocycles. The van der Waals surface area contributed by atoms with Crippen LogP contribution in [0, 0.1) is 5.82 Å². The molecule has 1 N–H and O–H groups in total. The van der Waals surface area contributed by atoms with Gasteiger partial charge in [0.05, 0.1) is 4.90 Å². The smallest absolute Gasteiger partial charge is 0.207 e. The molecule has 0 aliphatic heterocycles. The molecule has 0 bridgehead atoms. The highest BCUT2D eigenvalue weighted by atomic mass is 35.5. The van der Waals surface area contributed by atoms with Crippen molar-refractivity contribution in [1.29, 1.82) is 0 Å². The molecule has 0 atom stereocenters. The molecule has 112 valence electrons. The molecule has 6 heteroatoms. The molecule has 2 aromatic rings. The molecule has 0 aromatic heterocycles. The lowest BCUT2D eigenvalue weighted by atomic mass is 10.2. The van der Waals surface area contributed by atoms with Gasteiger partial charge in [0, 0.05) is 18.0 Å². The lowest BCUT2D eigenvalue weighted by Gasteiger charge is -2.08. The Hall–Kier alpha value is -1.43. The first-order chi connectivity index (χ1) is 10.0. The zero-order valence-corrected chi connectivity index (χ0v) is 12.8. The summed E-state index contributed by atoms with van der Waals surface area (Å²) in [5.74, 6) is 0.0510. The van der Waals surface area contributed by atoms with Crippen LogP contribution in [0.2, 0.25) is 0 Å². The van der Waals surface area contributed by atoms with Crippen LogP contribution in [0.4, 0.5) is 4.39 Å². The highest BCUT2D eigenvalue weighted by Crippen LogP contribution is 2.13. The first-order valence-corrected chi connectivity index (χ1v) is 8.42. The van der Waals surface area contributed by atoms with E-state index < -0.39 is 15.8 Å². The summed E-state index contributed by atoms with van der Waals surface area (Å²) < 4.78 is 40.1. The average Bonchev–Trinajstić information content (AvgIpc) is 2.47. The van der Waals surface area contributed by atoms with Crippen molar-refractivity contribution >= 4 is 21.6 Å². The summed E-state index contributed by atoms with van der Waals surface area (Å²) in [6.07, 6.45) is 0.685.